The smallest absolute Gasteiger partial charge is 0.224 e. The van der Waals surface area contributed by atoms with Crippen molar-refractivity contribution in [3.05, 3.63) is 34.3 Å². The first-order valence-electron chi connectivity index (χ1n) is 7.84. The molecule has 1 fully saturated rings. The zero-order valence-corrected chi connectivity index (χ0v) is 14.6. The number of hydrogen-bond acceptors (Lipinski definition) is 2. The van der Waals surface area contributed by atoms with Crippen LogP contribution in [0, 0.1) is 0 Å². The summed E-state index contributed by atoms with van der Waals surface area (Å²) < 4.78 is 1.00. The topological polar surface area (TPSA) is 49.4 Å². The molecule has 0 aliphatic heterocycles. The van der Waals surface area contributed by atoms with Gasteiger partial charge >= 0.3 is 0 Å². The molecule has 1 aromatic rings. The van der Waals surface area contributed by atoms with E-state index < -0.39 is 0 Å². The van der Waals surface area contributed by atoms with Gasteiger partial charge in [-0.05, 0) is 30.5 Å². The zero-order valence-electron chi connectivity index (χ0n) is 13.0. The second kappa shape index (κ2) is 8.32. The number of benzene rings is 1. The molecule has 0 aromatic heterocycles. The maximum absolute atomic E-state index is 11.9. The van der Waals surface area contributed by atoms with Crippen LogP contribution >= 0.6 is 15.9 Å². The average Bonchev–Trinajstić information content (AvgIpc) is 2.99. The third kappa shape index (κ3) is 5.13. The second-order valence-corrected chi connectivity index (χ2v) is 6.72. The molecule has 0 spiro atoms. The Labute approximate surface area is 140 Å². The number of hydrogen-bond donors (Lipinski definition) is 1. The fourth-order valence-electron chi connectivity index (χ4n) is 2.98. The van der Waals surface area contributed by atoms with Crippen LogP contribution in [0.2, 0.25) is 0 Å². The Morgan fingerprint density at radius 2 is 1.86 bits per heavy atom. The molecule has 2 amide bonds. The standard InChI is InChI=1S/C17H23BrN2O2/c1-13(21)20(16-4-2-3-5-16)11-10-19-17(22)12-14-6-8-15(18)9-7-14/h6-9,16H,2-5,10-12H2,1H3,(H,19,22). The van der Waals surface area contributed by atoms with E-state index in [4.69, 9.17) is 0 Å². The molecule has 22 heavy (non-hydrogen) atoms. The lowest BCUT2D eigenvalue weighted by Gasteiger charge is -2.27. The lowest BCUT2D eigenvalue weighted by atomic mass is 10.1. The van der Waals surface area contributed by atoms with Gasteiger partial charge in [0.2, 0.25) is 11.8 Å². The largest absolute Gasteiger partial charge is 0.354 e. The van der Waals surface area contributed by atoms with E-state index in [1.54, 1.807) is 6.92 Å². The quantitative estimate of drug-likeness (QED) is 0.841. The summed E-state index contributed by atoms with van der Waals surface area (Å²) in [5, 5.41) is 2.91. The van der Waals surface area contributed by atoms with E-state index in [2.05, 4.69) is 21.2 Å². The molecule has 0 saturated heterocycles. The van der Waals surface area contributed by atoms with Gasteiger partial charge in [0.05, 0.1) is 6.42 Å². The Hall–Kier alpha value is -1.36. The van der Waals surface area contributed by atoms with Gasteiger partial charge in [0.15, 0.2) is 0 Å². The van der Waals surface area contributed by atoms with Gasteiger partial charge in [-0.25, -0.2) is 0 Å². The molecule has 0 atom stereocenters. The summed E-state index contributed by atoms with van der Waals surface area (Å²) in [6.45, 7) is 2.74. The van der Waals surface area contributed by atoms with Crippen LogP contribution in [-0.4, -0.2) is 35.8 Å². The number of carbonyl (C=O) groups is 2. The third-order valence-corrected chi connectivity index (χ3v) is 4.65. The van der Waals surface area contributed by atoms with E-state index in [0.29, 0.717) is 25.6 Å². The summed E-state index contributed by atoms with van der Waals surface area (Å²) in [6, 6.07) is 8.09. The maximum Gasteiger partial charge on any atom is 0.224 e. The predicted octanol–water partition coefficient (Wildman–Crippen LogP) is 2.90. The third-order valence-electron chi connectivity index (χ3n) is 4.12. The van der Waals surface area contributed by atoms with Crippen LogP contribution in [0.25, 0.3) is 0 Å². The van der Waals surface area contributed by atoms with E-state index in [1.807, 2.05) is 29.2 Å². The monoisotopic (exact) mass is 366 g/mol. The van der Waals surface area contributed by atoms with Gasteiger partial charge in [-0.2, -0.15) is 0 Å². The van der Waals surface area contributed by atoms with E-state index in [0.717, 1.165) is 22.9 Å². The Kier molecular flexibility index (Phi) is 6.43. The molecule has 0 bridgehead atoms. The van der Waals surface area contributed by atoms with Crippen LogP contribution in [-0.2, 0) is 16.0 Å². The van der Waals surface area contributed by atoms with Crippen molar-refractivity contribution in [1.29, 1.82) is 0 Å². The first kappa shape index (κ1) is 17.0. The molecule has 1 saturated carbocycles. The summed E-state index contributed by atoms with van der Waals surface area (Å²) in [7, 11) is 0. The highest BCUT2D eigenvalue weighted by molar-refractivity contribution is 9.10. The van der Waals surface area contributed by atoms with Crippen molar-refractivity contribution in [1.82, 2.24) is 10.2 Å². The molecule has 120 valence electrons. The lowest BCUT2D eigenvalue weighted by Crippen LogP contribution is -2.42. The van der Waals surface area contributed by atoms with Crippen molar-refractivity contribution in [2.75, 3.05) is 13.1 Å². The molecular formula is C17H23BrN2O2. The van der Waals surface area contributed by atoms with E-state index in [1.165, 1.54) is 12.8 Å². The van der Waals surface area contributed by atoms with Crippen LogP contribution in [0.3, 0.4) is 0 Å². The molecule has 1 aromatic carbocycles. The van der Waals surface area contributed by atoms with Gasteiger partial charge in [-0.3, -0.25) is 9.59 Å². The van der Waals surface area contributed by atoms with Gasteiger partial charge in [0.1, 0.15) is 0 Å². The number of nitrogens with one attached hydrogen (secondary N) is 1. The minimum atomic E-state index is -0.00255. The number of carbonyl (C=O) groups excluding carboxylic acids is 2. The normalized spacial score (nSPS) is 14.8. The molecule has 0 unspecified atom stereocenters. The fourth-order valence-corrected chi connectivity index (χ4v) is 3.24. The maximum atomic E-state index is 11.9. The van der Waals surface area contributed by atoms with Crippen molar-refractivity contribution in [2.24, 2.45) is 0 Å². The number of rotatable bonds is 6. The number of amides is 2. The zero-order chi connectivity index (χ0) is 15.9. The van der Waals surface area contributed by atoms with Crippen molar-refractivity contribution in [2.45, 2.75) is 45.1 Å². The summed E-state index contributed by atoms with van der Waals surface area (Å²) >= 11 is 3.38. The van der Waals surface area contributed by atoms with Crippen LogP contribution in [0.15, 0.2) is 28.7 Å². The summed E-state index contributed by atoms with van der Waals surface area (Å²) in [4.78, 5) is 25.6. The van der Waals surface area contributed by atoms with Gasteiger partial charge in [-0.15, -0.1) is 0 Å². The number of halogens is 1. The molecular weight excluding hydrogens is 344 g/mol. The van der Waals surface area contributed by atoms with Crippen LogP contribution in [0.5, 0.6) is 0 Å². The highest BCUT2D eigenvalue weighted by atomic mass is 79.9. The van der Waals surface area contributed by atoms with Gasteiger partial charge < -0.3 is 10.2 Å². The minimum Gasteiger partial charge on any atom is -0.354 e. The minimum absolute atomic E-state index is 0.00255. The van der Waals surface area contributed by atoms with E-state index in [-0.39, 0.29) is 11.8 Å². The average molecular weight is 367 g/mol. The predicted molar refractivity (Wildman–Crippen MR) is 90.5 cm³/mol. The SMILES string of the molecule is CC(=O)N(CCNC(=O)Cc1ccc(Br)cc1)C1CCCC1. The highest BCUT2D eigenvalue weighted by Crippen LogP contribution is 2.23. The van der Waals surface area contributed by atoms with Crippen molar-refractivity contribution in [3.63, 3.8) is 0 Å². The Bertz CT molecular complexity index is 510. The Balaban J connectivity index is 1.75. The lowest BCUT2D eigenvalue weighted by molar-refractivity contribution is -0.131. The van der Waals surface area contributed by atoms with Crippen molar-refractivity contribution < 1.29 is 9.59 Å². The summed E-state index contributed by atoms with van der Waals surface area (Å²) in [5.41, 5.74) is 0.986. The molecule has 5 heteroatoms. The second-order valence-electron chi connectivity index (χ2n) is 5.80. The van der Waals surface area contributed by atoms with Crippen LogP contribution in [0.1, 0.15) is 38.2 Å². The first-order valence-corrected chi connectivity index (χ1v) is 8.64. The van der Waals surface area contributed by atoms with Gasteiger partial charge in [-0.1, -0.05) is 40.9 Å². The fraction of sp³-hybridized carbons (Fsp3) is 0.529. The highest BCUT2D eigenvalue weighted by Gasteiger charge is 2.24. The Morgan fingerprint density at radius 3 is 2.45 bits per heavy atom. The van der Waals surface area contributed by atoms with Crippen LogP contribution < -0.4 is 5.32 Å². The van der Waals surface area contributed by atoms with Gasteiger partial charge in [0.25, 0.3) is 0 Å². The van der Waals surface area contributed by atoms with E-state index >= 15 is 0 Å². The van der Waals surface area contributed by atoms with E-state index in [9.17, 15) is 9.59 Å². The number of nitrogens with zero attached hydrogens (tertiary/aromatic N) is 1. The van der Waals surface area contributed by atoms with Crippen molar-refractivity contribution in [3.8, 4) is 0 Å². The molecule has 2 rings (SSSR count). The van der Waals surface area contributed by atoms with Crippen molar-refractivity contribution >= 4 is 27.7 Å². The van der Waals surface area contributed by atoms with Crippen LogP contribution in [0.4, 0.5) is 0 Å². The molecule has 4 nitrogen and oxygen atoms in total. The molecule has 1 aliphatic rings. The summed E-state index contributed by atoms with van der Waals surface area (Å²) in [5.74, 6) is 0.103. The van der Waals surface area contributed by atoms with Gasteiger partial charge in [0, 0.05) is 30.5 Å². The molecule has 1 N–H and O–H groups in total. The molecule has 1 aliphatic carbocycles. The first-order chi connectivity index (χ1) is 10.6. The molecule has 0 radical (unpaired) electrons. The summed E-state index contributed by atoms with van der Waals surface area (Å²) in [6.07, 6.45) is 4.95. The molecule has 0 heterocycles. The Morgan fingerprint density at radius 1 is 1.23 bits per heavy atom.